The topological polar surface area (TPSA) is 60.7 Å². The number of benzene rings is 1. The number of fused-ring (bicyclic) bond motifs is 5. The lowest BCUT2D eigenvalue weighted by atomic mass is 9.52. The minimum absolute atomic E-state index is 0.0214. The molecule has 31 heavy (non-hydrogen) atoms. The molecule has 1 aromatic rings. The molecule has 0 aromatic heterocycles. The van der Waals surface area contributed by atoms with Crippen molar-refractivity contribution in [3.8, 4) is 5.75 Å². The summed E-state index contributed by atoms with van der Waals surface area (Å²) in [5.74, 6) is 2.33. The van der Waals surface area contributed by atoms with Gasteiger partial charge in [0.15, 0.2) is 0 Å². The van der Waals surface area contributed by atoms with Crippen LogP contribution in [-0.2, 0) is 6.42 Å². The maximum Gasteiger partial charge on any atom is 0.115 e. The van der Waals surface area contributed by atoms with Gasteiger partial charge in [0.2, 0.25) is 0 Å². The number of aryl methyl sites for hydroxylation is 1. The molecule has 0 bridgehead atoms. The number of hydrogen-bond donors (Lipinski definition) is 3. The molecule has 3 N–H and O–H groups in total. The Hall–Kier alpha value is -1.32. The number of aromatic hydroxyl groups is 1. The third-order valence-corrected chi connectivity index (χ3v) is 9.44. The number of allylic oxidation sites excluding steroid dienone is 2. The van der Waals surface area contributed by atoms with Crippen LogP contribution in [0.15, 0.2) is 29.8 Å². The number of rotatable bonds is 5. The Bertz CT molecular complexity index is 839. The maximum atomic E-state index is 11.7. The monoisotopic (exact) mass is 426 g/mol. The van der Waals surface area contributed by atoms with Crippen molar-refractivity contribution in [2.45, 2.75) is 97.2 Å². The molecule has 3 nitrogen and oxygen atoms in total. The first-order chi connectivity index (χ1) is 14.6. The largest absolute Gasteiger partial charge is 0.508 e. The highest BCUT2D eigenvalue weighted by Crippen LogP contribution is 2.65. The Morgan fingerprint density at radius 3 is 2.71 bits per heavy atom. The number of hydrogen-bond acceptors (Lipinski definition) is 3. The van der Waals surface area contributed by atoms with Crippen LogP contribution < -0.4 is 0 Å². The first-order valence-corrected chi connectivity index (χ1v) is 12.5. The standard InChI is InChI=1S/C28H42O3/c1-6-18(17(2)3)11-14-28(5,31)26-25(30)16-24-23-9-7-19-15-20(29)8-10-21(19)22(23)12-13-27(24,26)4/h6,8,10,15,17,22-26,29-31H,7,9,11-14,16H2,1-5H3/b18-6+/t22-,23-,24+,25+,26+,27+,28+/m1/s1. The zero-order chi connectivity index (χ0) is 22.6. The highest BCUT2D eigenvalue weighted by atomic mass is 16.3. The van der Waals surface area contributed by atoms with E-state index < -0.39 is 11.7 Å². The van der Waals surface area contributed by atoms with E-state index in [0.29, 0.717) is 35.8 Å². The van der Waals surface area contributed by atoms with Gasteiger partial charge in [-0.05, 0) is 111 Å². The number of phenolic OH excluding ortho intramolecular Hbond substituents is 1. The lowest BCUT2D eigenvalue weighted by Gasteiger charge is -2.53. The third kappa shape index (κ3) is 3.86. The molecule has 3 heteroatoms. The average molecular weight is 427 g/mol. The van der Waals surface area contributed by atoms with Crippen molar-refractivity contribution in [1.29, 1.82) is 0 Å². The smallest absolute Gasteiger partial charge is 0.115 e. The van der Waals surface area contributed by atoms with Crippen LogP contribution in [0.5, 0.6) is 5.75 Å². The highest BCUT2D eigenvalue weighted by Gasteiger charge is 2.62. The molecular formula is C28H42O3. The maximum absolute atomic E-state index is 11.7. The molecule has 4 rings (SSSR count). The van der Waals surface area contributed by atoms with Crippen LogP contribution >= 0.6 is 0 Å². The molecule has 0 radical (unpaired) electrons. The van der Waals surface area contributed by atoms with Crippen molar-refractivity contribution in [2.75, 3.05) is 0 Å². The van der Waals surface area contributed by atoms with Crippen LogP contribution in [0.1, 0.15) is 90.2 Å². The lowest BCUT2D eigenvalue weighted by Crippen LogP contribution is -2.50. The summed E-state index contributed by atoms with van der Waals surface area (Å²) in [4.78, 5) is 0. The second-order valence-electron chi connectivity index (χ2n) is 11.5. The summed E-state index contributed by atoms with van der Waals surface area (Å²) in [6.07, 6.45) is 8.48. The second-order valence-corrected chi connectivity index (χ2v) is 11.5. The summed E-state index contributed by atoms with van der Waals surface area (Å²) in [5.41, 5.74) is 3.23. The average Bonchev–Trinajstić information content (AvgIpc) is 2.98. The Kier molecular flexibility index (Phi) is 6.07. The van der Waals surface area contributed by atoms with Gasteiger partial charge in [0.05, 0.1) is 11.7 Å². The Labute approximate surface area is 188 Å². The summed E-state index contributed by atoms with van der Waals surface area (Å²) in [6, 6.07) is 5.91. The van der Waals surface area contributed by atoms with E-state index in [2.05, 4.69) is 39.8 Å². The molecule has 172 valence electrons. The molecule has 1 aromatic carbocycles. The van der Waals surface area contributed by atoms with Gasteiger partial charge < -0.3 is 15.3 Å². The molecule has 7 atom stereocenters. The molecule has 2 fully saturated rings. The molecular weight excluding hydrogens is 384 g/mol. The summed E-state index contributed by atoms with van der Waals surface area (Å²) >= 11 is 0. The fraction of sp³-hybridized carbons (Fsp3) is 0.714. The van der Waals surface area contributed by atoms with Crippen molar-refractivity contribution < 1.29 is 15.3 Å². The van der Waals surface area contributed by atoms with Gasteiger partial charge in [-0.3, -0.25) is 0 Å². The van der Waals surface area contributed by atoms with Gasteiger partial charge in [0.25, 0.3) is 0 Å². The van der Waals surface area contributed by atoms with Crippen LogP contribution in [0.25, 0.3) is 0 Å². The molecule has 3 aliphatic carbocycles. The Balaban J connectivity index is 1.57. The van der Waals surface area contributed by atoms with E-state index in [0.717, 1.165) is 38.5 Å². The number of aliphatic hydroxyl groups is 2. The van der Waals surface area contributed by atoms with Gasteiger partial charge in [-0.1, -0.05) is 38.5 Å². The van der Waals surface area contributed by atoms with Gasteiger partial charge >= 0.3 is 0 Å². The molecule has 0 unspecified atom stereocenters. The quantitative estimate of drug-likeness (QED) is 0.508. The molecule has 0 aliphatic heterocycles. The second kappa shape index (κ2) is 8.23. The molecule has 0 heterocycles. The van der Waals surface area contributed by atoms with Crippen LogP contribution in [-0.4, -0.2) is 27.0 Å². The van der Waals surface area contributed by atoms with Crippen molar-refractivity contribution in [1.82, 2.24) is 0 Å². The van der Waals surface area contributed by atoms with E-state index in [4.69, 9.17) is 0 Å². The first-order valence-electron chi connectivity index (χ1n) is 12.5. The highest BCUT2D eigenvalue weighted by molar-refractivity contribution is 5.40. The van der Waals surface area contributed by atoms with Crippen LogP contribution in [0.3, 0.4) is 0 Å². The summed E-state index contributed by atoms with van der Waals surface area (Å²) < 4.78 is 0. The van der Waals surface area contributed by atoms with E-state index in [-0.39, 0.29) is 11.3 Å². The SMILES string of the molecule is C/C=C(\CC[C@](C)(O)[C@H]1[C@@H](O)C[C@H]2[C@@H]3CCc4cc(O)ccc4[C@H]3CC[C@@]21C)C(C)C. The van der Waals surface area contributed by atoms with Crippen molar-refractivity contribution in [3.05, 3.63) is 41.0 Å². The van der Waals surface area contributed by atoms with Gasteiger partial charge in [-0.25, -0.2) is 0 Å². The lowest BCUT2D eigenvalue weighted by molar-refractivity contribution is -0.110. The molecule has 2 saturated carbocycles. The zero-order valence-electron chi connectivity index (χ0n) is 20.1. The van der Waals surface area contributed by atoms with E-state index in [1.807, 2.05) is 19.1 Å². The van der Waals surface area contributed by atoms with Crippen LogP contribution in [0, 0.1) is 29.1 Å². The van der Waals surface area contributed by atoms with E-state index in [1.54, 1.807) is 0 Å². The van der Waals surface area contributed by atoms with Crippen molar-refractivity contribution in [3.63, 3.8) is 0 Å². The third-order valence-electron chi connectivity index (χ3n) is 9.44. The van der Waals surface area contributed by atoms with Gasteiger partial charge in [0.1, 0.15) is 5.75 Å². The Morgan fingerprint density at radius 1 is 1.29 bits per heavy atom. The van der Waals surface area contributed by atoms with Crippen molar-refractivity contribution >= 4 is 0 Å². The van der Waals surface area contributed by atoms with Crippen LogP contribution in [0.2, 0.25) is 0 Å². The molecule has 0 amide bonds. The van der Waals surface area contributed by atoms with Crippen LogP contribution in [0.4, 0.5) is 0 Å². The van der Waals surface area contributed by atoms with E-state index in [9.17, 15) is 15.3 Å². The van der Waals surface area contributed by atoms with E-state index >= 15 is 0 Å². The minimum atomic E-state index is -0.864. The number of aliphatic hydroxyl groups excluding tert-OH is 1. The number of phenols is 1. The summed E-state index contributed by atoms with van der Waals surface area (Å²) in [6.45, 7) is 10.9. The Morgan fingerprint density at radius 2 is 2.03 bits per heavy atom. The normalized spacial score (nSPS) is 37.2. The predicted octanol–water partition coefficient (Wildman–Crippen LogP) is 5.97. The molecule has 0 spiro atoms. The summed E-state index contributed by atoms with van der Waals surface area (Å²) in [7, 11) is 0. The predicted molar refractivity (Wildman–Crippen MR) is 126 cm³/mol. The molecule has 3 aliphatic rings. The summed E-state index contributed by atoms with van der Waals surface area (Å²) in [5, 5.41) is 32.9. The molecule has 0 saturated heterocycles. The first kappa shape index (κ1) is 22.9. The van der Waals surface area contributed by atoms with E-state index in [1.165, 1.54) is 16.7 Å². The van der Waals surface area contributed by atoms with Gasteiger partial charge in [-0.15, -0.1) is 0 Å². The zero-order valence-corrected chi connectivity index (χ0v) is 20.1. The van der Waals surface area contributed by atoms with Gasteiger partial charge in [-0.2, -0.15) is 0 Å². The minimum Gasteiger partial charge on any atom is -0.508 e. The fourth-order valence-corrected chi connectivity index (χ4v) is 8.03. The fourth-order valence-electron chi connectivity index (χ4n) is 8.03. The van der Waals surface area contributed by atoms with Crippen molar-refractivity contribution in [2.24, 2.45) is 29.1 Å². The van der Waals surface area contributed by atoms with Gasteiger partial charge in [0, 0.05) is 5.92 Å².